The Morgan fingerprint density at radius 1 is 1.45 bits per heavy atom. The number of halogens is 2. The second-order valence-electron chi connectivity index (χ2n) is 2.34. The summed E-state index contributed by atoms with van der Waals surface area (Å²) in [5.74, 6) is 0.216. The number of carbonyl (C=O) groups is 1. The molecule has 0 heterocycles. The van der Waals surface area contributed by atoms with Crippen LogP contribution in [0.2, 0.25) is 0 Å². The number of ketones is 1. The van der Waals surface area contributed by atoms with Crippen LogP contribution in [-0.4, -0.2) is 34.5 Å². The molecule has 0 rings (SSSR count). The van der Waals surface area contributed by atoms with Crippen LogP contribution in [0.3, 0.4) is 0 Å². The Hall–Kier alpha value is 1.05. The molecule has 64 valence electrons. The molecule has 0 aromatic heterocycles. The Morgan fingerprint density at radius 3 is 2.00 bits per heavy atom. The van der Waals surface area contributed by atoms with E-state index < -0.39 is 4.84 Å². The van der Waals surface area contributed by atoms with Crippen molar-refractivity contribution in [1.82, 2.24) is 0 Å². The van der Waals surface area contributed by atoms with Crippen molar-refractivity contribution in [3.63, 3.8) is 0 Å². The molecule has 0 aromatic rings. The standard InChI is InChI=1S/C7H12Cl2O.Sn/c1-3-6(5(2)10)4-7(8)9;/h6-7H,3-4H2,1-2H3;. The SMILES string of the molecule is CCC(CC(Cl)Cl)C(C)=O.[Sn]. The molecule has 0 aromatic carbocycles. The van der Waals surface area contributed by atoms with Gasteiger partial charge in [0, 0.05) is 29.8 Å². The number of alkyl halides is 2. The van der Waals surface area contributed by atoms with Crippen molar-refractivity contribution in [2.75, 3.05) is 0 Å². The quantitative estimate of drug-likeness (QED) is 0.576. The minimum Gasteiger partial charge on any atom is -0.300 e. The van der Waals surface area contributed by atoms with E-state index in [2.05, 4.69) is 0 Å². The molecule has 0 fully saturated rings. The third kappa shape index (κ3) is 7.41. The number of hydrogen-bond donors (Lipinski definition) is 0. The van der Waals surface area contributed by atoms with Gasteiger partial charge in [0.1, 0.15) is 10.6 Å². The zero-order valence-electron chi connectivity index (χ0n) is 6.73. The number of carbonyl (C=O) groups excluding carboxylic acids is 1. The van der Waals surface area contributed by atoms with Crippen molar-refractivity contribution in [3.05, 3.63) is 0 Å². The fourth-order valence-corrected chi connectivity index (χ4v) is 1.27. The van der Waals surface area contributed by atoms with Gasteiger partial charge in [-0.3, -0.25) is 4.79 Å². The van der Waals surface area contributed by atoms with Gasteiger partial charge in [-0.05, 0) is 19.8 Å². The van der Waals surface area contributed by atoms with Crippen LogP contribution in [0.1, 0.15) is 26.7 Å². The van der Waals surface area contributed by atoms with Crippen molar-refractivity contribution in [2.45, 2.75) is 31.5 Å². The molecule has 11 heavy (non-hydrogen) atoms. The zero-order chi connectivity index (χ0) is 8.15. The molecule has 0 spiro atoms. The fraction of sp³-hybridized carbons (Fsp3) is 0.857. The summed E-state index contributed by atoms with van der Waals surface area (Å²) < 4.78 is 0. The molecule has 0 amide bonds. The van der Waals surface area contributed by atoms with Gasteiger partial charge in [-0.15, -0.1) is 23.2 Å². The number of Topliss-reactive ketones (excluding diaryl/α,β-unsaturated/α-hetero) is 1. The van der Waals surface area contributed by atoms with Crippen LogP contribution in [-0.2, 0) is 4.79 Å². The molecule has 0 aliphatic rings. The van der Waals surface area contributed by atoms with E-state index in [1.165, 1.54) is 0 Å². The maximum Gasteiger partial charge on any atom is 0.132 e. The molecule has 4 heteroatoms. The topological polar surface area (TPSA) is 17.1 Å². The van der Waals surface area contributed by atoms with E-state index in [1.807, 2.05) is 6.92 Å². The van der Waals surface area contributed by atoms with Gasteiger partial charge in [-0.2, -0.15) is 0 Å². The van der Waals surface area contributed by atoms with Gasteiger partial charge in [-0.1, -0.05) is 6.92 Å². The Kier molecular flexibility index (Phi) is 10.2. The molecular formula is C7H12Cl2OSn. The first-order chi connectivity index (χ1) is 4.57. The summed E-state index contributed by atoms with van der Waals surface area (Å²) in [7, 11) is 0. The minimum absolute atomic E-state index is 0. The first-order valence-electron chi connectivity index (χ1n) is 3.36. The van der Waals surface area contributed by atoms with Crippen molar-refractivity contribution < 1.29 is 4.79 Å². The van der Waals surface area contributed by atoms with Crippen molar-refractivity contribution >= 4 is 52.9 Å². The summed E-state index contributed by atoms with van der Waals surface area (Å²) in [6, 6.07) is 0. The molecule has 4 radical (unpaired) electrons. The second-order valence-corrected chi connectivity index (χ2v) is 3.62. The minimum atomic E-state index is -0.408. The van der Waals surface area contributed by atoms with Crippen LogP contribution in [0.15, 0.2) is 0 Å². The van der Waals surface area contributed by atoms with Gasteiger partial charge in [0.15, 0.2) is 0 Å². The van der Waals surface area contributed by atoms with E-state index in [9.17, 15) is 4.79 Å². The van der Waals surface area contributed by atoms with Gasteiger partial charge < -0.3 is 0 Å². The average Bonchev–Trinajstić information content (AvgIpc) is 1.81. The Balaban J connectivity index is 0. The van der Waals surface area contributed by atoms with Crippen molar-refractivity contribution in [3.8, 4) is 0 Å². The summed E-state index contributed by atoms with van der Waals surface area (Å²) in [6.07, 6.45) is 1.40. The maximum atomic E-state index is 10.8. The van der Waals surface area contributed by atoms with Crippen molar-refractivity contribution in [2.24, 2.45) is 5.92 Å². The Labute approximate surface area is 94.8 Å². The van der Waals surface area contributed by atoms with Crippen LogP contribution in [0.4, 0.5) is 0 Å². The normalized spacial score (nSPS) is 12.5. The van der Waals surface area contributed by atoms with Crippen LogP contribution >= 0.6 is 23.2 Å². The monoisotopic (exact) mass is 302 g/mol. The predicted octanol–water partition coefficient (Wildman–Crippen LogP) is 2.41. The smallest absolute Gasteiger partial charge is 0.132 e. The van der Waals surface area contributed by atoms with Crippen LogP contribution in [0.25, 0.3) is 0 Å². The van der Waals surface area contributed by atoms with Crippen LogP contribution in [0, 0.1) is 5.92 Å². The summed E-state index contributed by atoms with van der Waals surface area (Å²) >= 11 is 11.0. The second kappa shape index (κ2) is 7.69. The number of rotatable bonds is 4. The Bertz CT molecular complexity index is 117. The summed E-state index contributed by atoms with van der Waals surface area (Å²) in [5, 5.41) is 0. The first-order valence-corrected chi connectivity index (χ1v) is 4.23. The third-order valence-corrected chi connectivity index (χ3v) is 1.89. The molecule has 0 saturated carbocycles. The molecule has 1 atom stereocenters. The molecule has 0 aliphatic carbocycles. The van der Waals surface area contributed by atoms with Gasteiger partial charge in [-0.25, -0.2) is 0 Å². The Morgan fingerprint density at radius 2 is 1.91 bits per heavy atom. The van der Waals surface area contributed by atoms with E-state index in [0.29, 0.717) is 6.42 Å². The van der Waals surface area contributed by atoms with E-state index in [-0.39, 0.29) is 35.6 Å². The maximum absolute atomic E-state index is 10.8. The van der Waals surface area contributed by atoms with E-state index in [0.717, 1.165) is 6.42 Å². The van der Waals surface area contributed by atoms with Crippen LogP contribution < -0.4 is 0 Å². The number of hydrogen-bond acceptors (Lipinski definition) is 1. The average molecular weight is 302 g/mol. The largest absolute Gasteiger partial charge is 0.300 e. The molecular weight excluding hydrogens is 290 g/mol. The van der Waals surface area contributed by atoms with Crippen molar-refractivity contribution in [1.29, 1.82) is 0 Å². The summed E-state index contributed by atoms with van der Waals surface area (Å²) in [6.45, 7) is 3.53. The van der Waals surface area contributed by atoms with E-state index in [1.54, 1.807) is 6.92 Å². The molecule has 0 bridgehead atoms. The van der Waals surface area contributed by atoms with Gasteiger partial charge in [0.25, 0.3) is 0 Å². The molecule has 0 N–H and O–H groups in total. The summed E-state index contributed by atoms with van der Waals surface area (Å²) in [4.78, 5) is 10.4. The molecule has 1 unspecified atom stereocenters. The zero-order valence-corrected chi connectivity index (χ0v) is 11.1. The fourth-order valence-electron chi connectivity index (χ4n) is 0.835. The molecule has 1 nitrogen and oxygen atoms in total. The predicted molar refractivity (Wildman–Crippen MR) is 50.3 cm³/mol. The van der Waals surface area contributed by atoms with Gasteiger partial charge >= 0.3 is 0 Å². The molecule has 0 saturated heterocycles. The third-order valence-electron chi connectivity index (χ3n) is 1.53. The first kappa shape index (κ1) is 14.6. The van der Waals surface area contributed by atoms with Gasteiger partial charge in [0.05, 0.1) is 0 Å². The summed E-state index contributed by atoms with van der Waals surface area (Å²) in [5.41, 5.74) is 0. The van der Waals surface area contributed by atoms with Gasteiger partial charge in [0.2, 0.25) is 0 Å². The van der Waals surface area contributed by atoms with E-state index in [4.69, 9.17) is 23.2 Å². The van der Waals surface area contributed by atoms with Crippen LogP contribution in [0.5, 0.6) is 0 Å². The molecule has 0 aliphatic heterocycles. The van der Waals surface area contributed by atoms with E-state index >= 15 is 0 Å².